The molecule has 1 N–H and O–H groups in total. The second kappa shape index (κ2) is 5.05. The van der Waals surface area contributed by atoms with E-state index in [-0.39, 0.29) is 11.7 Å². The number of hydrogen-bond acceptors (Lipinski definition) is 2. The van der Waals surface area contributed by atoms with E-state index in [1.807, 2.05) is 0 Å². The minimum Gasteiger partial charge on any atom is -0.393 e. The van der Waals surface area contributed by atoms with Crippen LogP contribution in [0.5, 0.6) is 0 Å². The van der Waals surface area contributed by atoms with Crippen LogP contribution in [0, 0.1) is 11.8 Å². The lowest BCUT2D eigenvalue weighted by Gasteiger charge is -2.47. The molecule has 1 aliphatic carbocycles. The molecule has 0 amide bonds. The molecule has 94 valence electrons. The highest BCUT2D eigenvalue weighted by atomic mass is 16.5. The van der Waals surface area contributed by atoms with Crippen LogP contribution in [-0.2, 0) is 4.74 Å². The summed E-state index contributed by atoms with van der Waals surface area (Å²) in [5.41, 5.74) is 0.270. The first kappa shape index (κ1) is 12.4. The van der Waals surface area contributed by atoms with Crippen LogP contribution in [0.25, 0.3) is 0 Å². The fourth-order valence-electron chi connectivity index (χ4n) is 3.03. The molecule has 0 aromatic heterocycles. The molecule has 2 fully saturated rings. The summed E-state index contributed by atoms with van der Waals surface area (Å²) >= 11 is 0. The van der Waals surface area contributed by atoms with Gasteiger partial charge in [0.25, 0.3) is 0 Å². The van der Waals surface area contributed by atoms with Crippen LogP contribution in [-0.4, -0.2) is 23.4 Å². The molecule has 2 nitrogen and oxygen atoms in total. The third kappa shape index (κ3) is 2.78. The summed E-state index contributed by atoms with van der Waals surface area (Å²) in [5, 5.41) is 9.83. The third-order valence-corrected chi connectivity index (χ3v) is 4.50. The maximum Gasteiger partial charge on any atom is 0.0685 e. The van der Waals surface area contributed by atoms with E-state index >= 15 is 0 Å². The molecule has 1 spiro atoms. The van der Waals surface area contributed by atoms with Crippen LogP contribution >= 0.6 is 0 Å². The second-order valence-corrected chi connectivity index (χ2v) is 6.13. The van der Waals surface area contributed by atoms with Crippen molar-refractivity contribution in [1.82, 2.24) is 0 Å². The Kier molecular flexibility index (Phi) is 3.91. The predicted molar refractivity (Wildman–Crippen MR) is 65.3 cm³/mol. The van der Waals surface area contributed by atoms with Crippen molar-refractivity contribution in [3.05, 3.63) is 0 Å². The van der Waals surface area contributed by atoms with Crippen LogP contribution in [0.3, 0.4) is 0 Å². The van der Waals surface area contributed by atoms with E-state index in [2.05, 4.69) is 13.8 Å². The van der Waals surface area contributed by atoms with Gasteiger partial charge in [0, 0.05) is 6.61 Å². The van der Waals surface area contributed by atoms with Gasteiger partial charge >= 0.3 is 0 Å². The zero-order valence-corrected chi connectivity index (χ0v) is 10.7. The van der Waals surface area contributed by atoms with Crippen LogP contribution < -0.4 is 0 Å². The van der Waals surface area contributed by atoms with Gasteiger partial charge in [0.15, 0.2) is 0 Å². The van der Waals surface area contributed by atoms with Crippen molar-refractivity contribution in [3.8, 4) is 0 Å². The summed E-state index contributed by atoms with van der Waals surface area (Å²) in [6.45, 7) is 5.15. The van der Waals surface area contributed by atoms with Crippen molar-refractivity contribution in [2.45, 2.75) is 70.5 Å². The molecular formula is C14H26O2. The topological polar surface area (TPSA) is 29.5 Å². The van der Waals surface area contributed by atoms with Gasteiger partial charge in [-0.25, -0.2) is 0 Å². The van der Waals surface area contributed by atoms with Crippen LogP contribution in [0.15, 0.2) is 0 Å². The molecule has 0 radical (unpaired) electrons. The lowest BCUT2D eigenvalue weighted by molar-refractivity contribution is -0.145. The molecular weight excluding hydrogens is 200 g/mol. The quantitative estimate of drug-likeness (QED) is 0.798. The van der Waals surface area contributed by atoms with Gasteiger partial charge in [0.05, 0.1) is 11.7 Å². The summed E-state index contributed by atoms with van der Waals surface area (Å²) in [5.74, 6) is 1.19. The fraction of sp³-hybridized carbons (Fsp3) is 1.00. The summed E-state index contributed by atoms with van der Waals surface area (Å²) in [4.78, 5) is 0. The van der Waals surface area contributed by atoms with E-state index in [0.717, 1.165) is 18.9 Å². The van der Waals surface area contributed by atoms with Gasteiger partial charge in [-0.05, 0) is 56.8 Å². The molecule has 1 heterocycles. The normalized spacial score (nSPS) is 30.4. The van der Waals surface area contributed by atoms with Crippen molar-refractivity contribution >= 4 is 0 Å². The Morgan fingerprint density at radius 2 is 2.12 bits per heavy atom. The van der Waals surface area contributed by atoms with Crippen LogP contribution in [0.4, 0.5) is 0 Å². The highest BCUT2D eigenvalue weighted by Gasteiger charge is 2.42. The van der Waals surface area contributed by atoms with E-state index < -0.39 is 0 Å². The van der Waals surface area contributed by atoms with Gasteiger partial charge in [-0.3, -0.25) is 0 Å². The minimum atomic E-state index is -0.111. The van der Waals surface area contributed by atoms with E-state index in [4.69, 9.17) is 4.74 Å². The maximum absolute atomic E-state index is 9.83. The van der Waals surface area contributed by atoms with Gasteiger partial charge < -0.3 is 9.84 Å². The van der Waals surface area contributed by atoms with Gasteiger partial charge in [0.2, 0.25) is 0 Å². The van der Waals surface area contributed by atoms with E-state index in [1.165, 1.54) is 38.5 Å². The number of aliphatic hydroxyl groups is 1. The lowest BCUT2D eigenvalue weighted by Crippen LogP contribution is -2.45. The van der Waals surface area contributed by atoms with Crippen LogP contribution in [0.1, 0.15) is 58.8 Å². The molecule has 0 aromatic rings. The largest absolute Gasteiger partial charge is 0.393 e. The number of ether oxygens (including phenoxy) is 1. The Hall–Kier alpha value is -0.0800. The summed E-state index contributed by atoms with van der Waals surface area (Å²) in [6, 6.07) is 0. The zero-order valence-electron chi connectivity index (χ0n) is 10.7. The monoisotopic (exact) mass is 226 g/mol. The Balaban J connectivity index is 1.73. The summed E-state index contributed by atoms with van der Waals surface area (Å²) in [6.07, 6.45) is 8.39. The number of rotatable bonds is 4. The Morgan fingerprint density at radius 1 is 1.38 bits per heavy atom. The highest BCUT2D eigenvalue weighted by Crippen LogP contribution is 2.45. The first-order chi connectivity index (χ1) is 7.61. The van der Waals surface area contributed by atoms with Gasteiger partial charge in [0.1, 0.15) is 0 Å². The summed E-state index contributed by atoms with van der Waals surface area (Å²) in [7, 11) is 0. The number of hydrogen-bond donors (Lipinski definition) is 1. The van der Waals surface area contributed by atoms with E-state index in [9.17, 15) is 5.11 Å². The smallest absolute Gasteiger partial charge is 0.0685 e. The molecule has 1 aliphatic heterocycles. The number of aliphatic hydroxyl groups excluding tert-OH is 1. The standard InChI is InChI=1S/C14H26O2/c1-11(2)13(15)5-4-12-6-9-16-14(10-12)7-3-8-14/h11-13,15H,3-10H2,1-2H3. The molecule has 2 unspecified atom stereocenters. The van der Waals surface area contributed by atoms with Gasteiger partial charge in [-0.15, -0.1) is 0 Å². The molecule has 16 heavy (non-hydrogen) atoms. The van der Waals surface area contributed by atoms with Crippen LogP contribution in [0.2, 0.25) is 0 Å². The average molecular weight is 226 g/mol. The second-order valence-electron chi connectivity index (χ2n) is 6.13. The Morgan fingerprint density at radius 3 is 2.69 bits per heavy atom. The highest BCUT2D eigenvalue weighted by molar-refractivity contribution is 4.94. The fourth-order valence-corrected chi connectivity index (χ4v) is 3.03. The zero-order chi connectivity index (χ0) is 11.6. The van der Waals surface area contributed by atoms with Crippen molar-refractivity contribution < 1.29 is 9.84 Å². The molecule has 2 atom stereocenters. The third-order valence-electron chi connectivity index (χ3n) is 4.50. The molecule has 2 heteroatoms. The molecule has 2 rings (SSSR count). The molecule has 1 saturated heterocycles. The summed E-state index contributed by atoms with van der Waals surface area (Å²) < 4.78 is 5.92. The molecule has 2 aliphatic rings. The minimum absolute atomic E-state index is 0.111. The van der Waals surface area contributed by atoms with E-state index in [1.54, 1.807) is 0 Å². The predicted octanol–water partition coefficient (Wildman–Crippen LogP) is 3.13. The first-order valence-electron chi connectivity index (χ1n) is 6.93. The van der Waals surface area contributed by atoms with Gasteiger partial charge in [-0.1, -0.05) is 13.8 Å². The van der Waals surface area contributed by atoms with Crippen molar-refractivity contribution in [2.24, 2.45) is 11.8 Å². The first-order valence-corrected chi connectivity index (χ1v) is 6.93. The molecule has 0 aromatic carbocycles. The molecule has 1 saturated carbocycles. The van der Waals surface area contributed by atoms with Crippen molar-refractivity contribution in [3.63, 3.8) is 0 Å². The Labute approximate surface area is 99.4 Å². The Bertz CT molecular complexity index is 221. The average Bonchev–Trinajstić information content (AvgIpc) is 2.24. The molecule has 0 bridgehead atoms. The van der Waals surface area contributed by atoms with E-state index in [0.29, 0.717) is 5.92 Å². The SMILES string of the molecule is CC(C)C(O)CCC1CCOC2(CCC2)C1. The lowest BCUT2D eigenvalue weighted by atomic mass is 9.71. The van der Waals surface area contributed by atoms with Gasteiger partial charge in [-0.2, -0.15) is 0 Å². The van der Waals surface area contributed by atoms with Crippen molar-refractivity contribution in [2.75, 3.05) is 6.61 Å². The maximum atomic E-state index is 9.83. The van der Waals surface area contributed by atoms with Crippen molar-refractivity contribution in [1.29, 1.82) is 0 Å².